The minimum atomic E-state index is -0.355. The number of unbranched alkanes of at least 4 members (excludes halogenated alkanes) is 1. The summed E-state index contributed by atoms with van der Waals surface area (Å²) in [7, 11) is 0. The van der Waals surface area contributed by atoms with Crippen LogP contribution in [0.3, 0.4) is 0 Å². The minimum Gasteiger partial charge on any atom is -0.389 e. The highest BCUT2D eigenvalue weighted by Crippen LogP contribution is 2.35. The van der Waals surface area contributed by atoms with E-state index in [1.54, 1.807) is 0 Å². The van der Waals surface area contributed by atoms with Crippen LogP contribution in [0.25, 0.3) is 0 Å². The molecule has 1 amide bonds. The molecule has 1 fully saturated rings. The number of aliphatic hydroxyl groups excluding tert-OH is 1. The summed E-state index contributed by atoms with van der Waals surface area (Å²) in [5.74, 6) is 1.44. The molecular formula is C25H37NO2. The van der Waals surface area contributed by atoms with Crippen molar-refractivity contribution in [2.75, 3.05) is 6.54 Å². The number of carbonyl (C=O) groups excluding carboxylic acids is 1. The molecule has 3 atom stereocenters. The van der Waals surface area contributed by atoms with Gasteiger partial charge in [-0.05, 0) is 69.3 Å². The molecule has 0 aromatic heterocycles. The van der Waals surface area contributed by atoms with Crippen molar-refractivity contribution >= 4 is 5.91 Å². The van der Waals surface area contributed by atoms with Gasteiger partial charge >= 0.3 is 0 Å². The fraction of sp³-hybridized carbons (Fsp3) is 0.560. The van der Waals surface area contributed by atoms with Crippen LogP contribution < -0.4 is 5.32 Å². The number of rotatable bonds is 12. The standard InChI is InChI=1S/C25H37NO2/c1-2-26-25(28)16-9-4-3-8-13-22-14-10-15-23(22)18-20-24(27)19-17-21-11-6-5-7-12-21/h3,5-8,11-12,18,20,22-24,27H,2,4,9-10,13-17,19H2,1H3,(H,26,28)/t22-,23+,24-/m0/s1. The van der Waals surface area contributed by atoms with E-state index < -0.39 is 0 Å². The van der Waals surface area contributed by atoms with E-state index in [0.717, 1.165) is 32.1 Å². The van der Waals surface area contributed by atoms with E-state index in [-0.39, 0.29) is 12.0 Å². The summed E-state index contributed by atoms with van der Waals surface area (Å²) in [6.45, 7) is 2.67. The smallest absolute Gasteiger partial charge is 0.219 e. The summed E-state index contributed by atoms with van der Waals surface area (Å²) >= 11 is 0. The predicted octanol–water partition coefficient (Wildman–Crippen LogP) is 5.21. The molecule has 0 radical (unpaired) electrons. The van der Waals surface area contributed by atoms with Crippen molar-refractivity contribution in [1.29, 1.82) is 0 Å². The quantitative estimate of drug-likeness (QED) is 0.385. The Bertz CT molecular complexity index is 608. The predicted molar refractivity (Wildman–Crippen MR) is 117 cm³/mol. The zero-order chi connectivity index (χ0) is 20.0. The SMILES string of the molecule is CCNC(=O)CCCC=CC[C@H]1CCC[C@@H]1C=C[C@@H](O)CCc1ccccc1. The zero-order valence-corrected chi connectivity index (χ0v) is 17.4. The lowest BCUT2D eigenvalue weighted by atomic mass is 9.91. The molecule has 1 saturated carbocycles. The van der Waals surface area contributed by atoms with Gasteiger partial charge < -0.3 is 10.4 Å². The third-order valence-electron chi connectivity index (χ3n) is 5.62. The Labute approximate surface area is 170 Å². The van der Waals surface area contributed by atoms with Crippen LogP contribution in [0.2, 0.25) is 0 Å². The van der Waals surface area contributed by atoms with Crippen molar-refractivity contribution in [2.45, 2.75) is 70.8 Å². The number of hydrogen-bond acceptors (Lipinski definition) is 2. The van der Waals surface area contributed by atoms with E-state index in [1.807, 2.05) is 31.2 Å². The van der Waals surface area contributed by atoms with E-state index in [0.29, 0.717) is 24.8 Å². The van der Waals surface area contributed by atoms with Gasteiger partial charge in [-0.15, -0.1) is 0 Å². The first-order valence-electron chi connectivity index (χ1n) is 11.0. The lowest BCUT2D eigenvalue weighted by Gasteiger charge is -2.15. The summed E-state index contributed by atoms with van der Waals surface area (Å²) in [6.07, 6.45) is 17.6. The van der Waals surface area contributed by atoms with Gasteiger partial charge in [0.1, 0.15) is 0 Å². The lowest BCUT2D eigenvalue weighted by Crippen LogP contribution is -2.21. The van der Waals surface area contributed by atoms with Gasteiger partial charge in [0.2, 0.25) is 5.91 Å². The number of aryl methyl sites for hydroxylation is 1. The number of allylic oxidation sites excluding steroid dienone is 3. The fourth-order valence-electron chi connectivity index (χ4n) is 3.99. The number of hydrogen-bond donors (Lipinski definition) is 2. The van der Waals surface area contributed by atoms with Crippen LogP contribution in [-0.2, 0) is 11.2 Å². The van der Waals surface area contributed by atoms with E-state index in [1.165, 1.54) is 24.8 Å². The normalized spacial score (nSPS) is 20.8. The maximum Gasteiger partial charge on any atom is 0.219 e. The molecule has 0 saturated heterocycles. The molecular weight excluding hydrogens is 346 g/mol. The number of benzene rings is 1. The van der Waals surface area contributed by atoms with Gasteiger partial charge in [-0.25, -0.2) is 0 Å². The lowest BCUT2D eigenvalue weighted by molar-refractivity contribution is -0.121. The molecule has 1 aromatic carbocycles. The van der Waals surface area contributed by atoms with Gasteiger partial charge in [-0.3, -0.25) is 4.79 Å². The van der Waals surface area contributed by atoms with Gasteiger partial charge in [0.25, 0.3) is 0 Å². The molecule has 3 heteroatoms. The third-order valence-corrected chi connectivity index (χ3v) is 5.62. The largest absolute Gasteiger partial charge is 0.389 e. The first-order chi connectivity index (χ1) is 13.7. The van der Waals surface area contributed by atoms with Crippen LogP contribution in [-0.4, -0.2) is 23.7 Å². The van der Waals surface area contributed by atoms with E-state index in [4.69, 9.17) is 0 Å². The summed E-state index contributed by atoms with van der Waals surface area (Å²) in [5.41, 5.74) is 1.28. The van der Waals surface area contributed by atoms with Gasteiger partial charge in [-0.2, -0.15) is 0 Å². The van der Waals surface area contributed by atoms with Gasteiger partial charge in [0, 0.05) is 13.0 Å². The molecule has 1 aliphatic carbocycles. The Morgan fingerprint density at radius 3 is 2.86 bits per heavy atom. The van der Waals surface area contributed by atoms with Crippen molar-refractivity contribution < 1.29 is 9.90 Å². The van der Waals surface area contributed by atoms with Crippen LogP contribution in [0.4, 0.5) is 0 Å². The minimum absolute atomic E-state index is 0.155. The van der Waals surface area contributed by atoms with Crippen molar-refractivity contribution in [1.82, 2.24) is 5.32 Å². The molecule has 28 heavy (non-hydrogen) atoms. The maximum absolute atomic E-state index is 11.4. The first-order valence-corrected chi connectivity index (χ1v) is 11.0. The second-order valence-electron chi connectivity index (χ2n) is 7.88. The van der Waals surface area contributed by atoms with Crippen LogP contribution in [0, 0.1) is 11.8 Å². The Morgan fingerprint density at radius 2 is 2.07 bits per heavy atom. The van der Waals surface area contributed by atoms with Crippen LogP contribution >= 0.6 is 0 Å². The fourth-order valence-corrected chi connectivity index (χ4v) is 3.99. The number of aliphatic hydroxyl groups is 1. The Balaban J connectivity index is 1.65. The molecule has 0 unspecified atom stereocenters. The highest BCUT2D eigenvalue weighted by Gasteiger charge is 2.24. The molecule has 2 N–H and O–H groups in total. The molecule has 0 spiro atoms. The molecule has 154 valence electrons. The van der Waals surface area contributed by atoms with E-state index in [9.17, 15) is 9.90 Å². The molecule has 0 aliphatic heterocycles. The average Bonchev–Trinajstić information content (AvgIpc) is 3.16. The van der Waals surface area contributed by atoms with Crippen LogP contribution in [0.15, 0.2) is 54.6 Å². The Morgan fingerprint density at radius 1 is 1.25 bits per heavy atom. The van der Waals surface area contributed by atoms with Crippen molar-refractivity contribution in [3.8, 4) is 0 Å². The summed E-state index contributed by atoms with van der Waals surface area (Å²) < 4.78 is 0. The molecule has 2 rings (SSSR count). The molecule has 1 aliphatic rings. The third kappa shape index (κ3) is 8.88. The molecule has 1 aromatic rings. The van der Waals surface area contributed by atoms with Crippen LogP contribution in [0.5, 0.6) is 0 Å². The molecule has 0 bridgehead atoms. The molecule has 3 nitrogen and oxygen atoms in total. The van der Waals surface area contributed by atoms with Crippen molar-refractivity contribution in [3.05, 3.63) is 60.2 Å². The van der Waals surface area contributed by atoms with Crippen molar-refractivity contribution in [2.24, 2.45) is 11.8 Å². The van der Waals surface area contributed by atoms with Crippen molar-refractivity contribution in [3.63, 3.8) is 0 Å². The van der Waals surface area contributed by atoms with Crippen LogP contribution in [0.1, 0.15) is 63.9 Å². The maximum atomic E-state index is 11.4. The van der Waals surface area contributed by atoms with Gasteiger partial charge in [0.15, 0.2) is 0 Å². The second kappa shape index (κ2) is 13.3. The monoisotopic (exact) mass is 383 g/mol. The average molecular weight is 384 g/mol. The van der Waals surface area contributed by atoms with Gasteiger partial charge in [0.05, 0.1) is 6.10 Å². The first kappa shape index (κ1) is 22.4. The summed E-state index contributed by atoms with van der Waals surface area (Å²) in [6, 6.07) is 10.4. The Kier molecular flexibility index (Phi) is 10.7. The summed E-state index contributed by atoms with van der Waals surface area (Å²) in [4.78, 5) is 11.4. The van der Waals surface area contributed by atoms with Gasteiger partial charge in [-0.1, -0.05) is 61.1 Å². The highest BCUT2D eigenvalue weighted by molar-refractivity contribution is 5.75. The number of carbonyl (C=O) groups is 1. The number of amides is 1. The van der Waals surface area contributed by atoms with E-state index in [2.05, 4.69) is 35.7 Å². The zero-order valence-electron chi connectivity index (χ0n) is 17.4. The summed E-state index contributed by atoms with van der Waals surface area (Å²) in [5, 5.41) is 13.1. The molecule has 0 heterocycles. The Hall–Kier alpha value is -1.87. The van der Waals surface area contributed by atoms with E-state index >= 15 is 0 Å². The second-order valence-corrected chi connectivity index (χ2v) is 7.88. The topological polar surface area (TPSA) is 49.3 Å². The number of nitrogens with one attached hydrogen (secondary N) is 1. The highest BCUT2D eigenvalue weighted by atomic mass is 16.3.